The highest BCUT2D eigenvalue weighted by molar-refractivity contribution is 6.05. The van der Waals surface area contributed by atoms with E-state index in [1.54, 1.807) is 12.1 Å². The molecule has 0 saturated carbocycles. The van der Waals surface area contributed by atoms with Crippen molar-refractivity contribution in [2.24, 2.45) is 0 Å². The van der Waals surface area contributed by atoms with Crippen LogP contribution in [-0.2, 0) is 9.47 Å². The molecule has 0 aliphatic heterocycles. The maximum Gasteiger partial charge on any atom is 0.342 e. The average molecular weight is 252 g/mol. The van der Waals surface area contributed by atoms with Crippen molar-refractivity contribution in [1.29, 1.82) is 0 Å². The first-order chi connectivity index (χ1) is 8.65. The summed E-state index contributed by atoms with van der Waals surface area (Å²) in [6.07, 6.45) is 0.795. The Morgan fingerprint density at radius 1 is 1.11 bits per heavy atom. The monoisotopic (exact) mass is 252 g/mol. The summed E-state index contributed by atoms with van der Waals surface area (Å²) in [5.41, 5.74) is 0.234. The summed E-state index contributed by atoms with van der Waals surface area (Å²) in [5, 5.41) is 0. The van der Waals surface area contributed by atoms with Crippen LogP contribution in [0.2, 0.25) is 0 Å². The molecule has 0 unspecified atom stereocenters. The Hall–Kier alpha value is -2.04. The summed E-state index contributed by atoms with van der Waals surface area (Å²) < 4.78 is 14.7. The maximum atomic E-state index is 11.7. The molecule has 1 aromatic carbocycles. The smallest absolute Gasteiger partial charge is 0.342 e. The van der Waals surface area contributed by atoms with Crippen LogP contribution in [0.4, 0.5) is 0 Å². The minimum absolute atomic E-state index is 0.0975. The SMILES string of the molecule is CCCOc1cccc(C(=O)OC)c1C(=O)OC. The van der Waals surface area contributed by atoms with Crippen molar-refractivity contribution in [2.45, 2.75) is 13.3 Å². The van der Waals surface area contributed by atoms with E-state index in [2.05, 4.69) is 9.47 Å². The maximum absolute atomic E-state index is 11.7. The molecule has 1 aromatic rings. The van der Waals surface area contributed by atoms with E-state index in [9.17, 15) is 9.59 Å². The van der Waals surface area contributed by atoms with Gasteiger partial charge in [-0.3, -0.25) is 0 Å². The van der Waals surface area contributed by atoms with Crippen molar-refractivity contribution in [1.82, 2.24) is 0 Å². The fourth-order valence-corrected chi connectivity index (χ4v) is 1.46. The van der Waals surface area contributed by atoms with Crippen molar-refractivity contribution in [3.63, 3.8) is 0 Å². The highest BCUT2D eigenvalue weighted by atomic mass is 16.5. The molecular weight excluding hydrogens is 236 g/mol. The van der Waals surface area contributed by atoms with E-state index in [1.807, 2.05) is 6.92 Å². The lowest BCUT2D eigenvalue weighted by Gasteiger charge is -2.12. The van der Waals surface area contributed by atoms with Gasteiger partial charge < -0.3 is 14.2 Å². The van der Waals surface area contributed by atoms with Gasteiger partial charge in [-0.25, -0.2) is 9.59 Å². The number of esters is 2. The Labute approximate surface area is 106 Å². The van der Waals surface area contributed by atoms with Gasteiger partial charge in [-0.2, -0.15) is 0 Å². The minimum Gasteiger partial charge on any atom is -0.493 e. The van der Waals surface area contributed by atoms with Crippen LogP contribution >= 0.6 is 0 Å². The molecular formula is C13H16O5. The summed E-state index contributed by atoms with van der Waals surface area (Å²) >= 11 is 0. The zero-order valence-electron chi connectivity index (χ0n) is 10.7. The van der Waals surface area contributed by atoms with E-state index < -0.39 is 11.9 Å². The molecule has 18 heavy (non-hydrogen) atoms. The first-order valence-electron chi connectivity index (χ1n) is 5.58. The first kappa shape index (κ1) is 14.0. The molecule has 0 spiro atoms. The Kier molecular flexibility index (Phi) is 5.17. The number of benzene rings is 1. The predicted octanol–water partition coefficient (Wildman–Crippen LogP) is 2.05. The second-order valence-electron chi connectivity index (χ2n) is 3.51. The summed E-state index contributed by atoms with van der Waals surface area (Å²) in [4.78, 5) is 23.3. The molecule has 0 N–H and O–H groups in total. The van der Waals surface area contributed by atoms with Crippen LogP contribution < -0.4 is 4.74 Å². The summed E-state index contributed by atoms with van der Waals surface area (Å²) in [7, 11) is 2.50. The van der Waals surface area contributed by atoms with Gasteiger partial charge in [-0.1, -0.05) is 13.0 Å². The van der Waals surface area contributed by atoms with E-state index in [4.69, 9.17) is 4.74 Å². The van der Waals surface area contributed by atoms with Crippen LogP contribution in [0.25, 0.3) is 0 Å². The van der Waals surface area contributed by atoms with Gasteiger partial charge in [-0.15, -0.1) is 0 Å². The lowest BCUT2D eigenvalue weighted by Crippen LogP contribution is -2.14. The van der Waals surface area contributed by atoms with Gasteiger partial charge >= 0.3 is 11.9 Å². The lowest BCUT2D eigenvalue weighted by atomic mass is 10.1. The fraction of sp³-hybridized carbons (Fsp3) is 0.385. The van der Waals surface area contributed by atoms with Crippen molar-refractivity contribution < 1.29 is 23.8 Å². The Bertz CT molecular complexity index is 439. The van der Waals surface area contributed by atoms with Crippen LogP contribution in [0.5, 0.6) is 5.75 Å². The largest absolute Gasteiger partial charge is 0.493 e. The molecule has 0 aliphatic carbocycles. The van der Waals surface area contributed by atoms with Crippen molar-refractivity contribution in [2.75, 3.05) is 20.8 Å². The van der Waals surface area contributed by atoms with Crippen molar-refractivity contribution in [3.8, 4) is 5.75 Å². The molecule has 0 bridgehead atoms. The van der Waals surface area contributed by atoms with Gasteiger partial charge in [0.1, 0.15) is 11.3 Å². The second-order valence-corrected chi connectivity index (χ2v) is 3.51. The quantitative estimate of drug-likeness (QED) is 0.750. The molecule has 0 fully saturated rings. The Morgan fingerprint density at radius 3 is 2.33 bits per heavy atom. The topological polar surface area (TPSA) is 61.8 Å². The fourth-order valence-electron chi connectivity index (χ4n) is 1.46. The molecule has 5 heteroatoms. The molecule has 1 rings (SSSR count). The number of methoxy groups -OCH3 is 2. The zero-order chi connectivity index (χ0) is 13.5. The van der Waals surface area contributed by atoms with Crippen LogP contribution in [-0.4, -0.2) is 32.8 Å². The summed E-state index contributed by atoms with van der Waals surface area (Å²) in [5.74, 6) is -0.897. The van der Waals surface area contributed by atoms with Crippen LogP contribution in [0.15, 0.2) is 18.2 Å². The number of hydrogen-bond acceptors (Lipinski definition) is 5. The van der Waals surface area contributed by atoms with E-state index in [0.29, 0.717) is 12.4 Å². The highest BCUT2D eigenvalue weighted by Crippen LogP contribution is 2.24. The van der Waals surface area contributed by atoms with Gasteiger partial charge in [-0.05, 0) is 18.6 Å². The zero-order valence-corrected chi connectivity index (χ0v) is 10.7. The minimum atomic E-state index is -0.623. The first-order valence-corrected chi connectivity index (χ1v) is 5.58. The standard InChI is InChI=1S/C13H16O5/c1-4-8-18-10-7-5-6-9(12(14)16-2)11(10)13(15)17-3/h5-7H,4,8H2,1-3H3. The van der Waals surface area contributed by atoms with Gasteiger partial charge in [0.25, 0.3) is 0 Å². The third-order valence-electron chi connectivity index (χ3n) is 2.28. The molecule has 98 valence electrons. The van der Waals surface area contributed by atoms with Crippen LogP contribution in [0, 0.1) is 0 Å². The highest BCUT2D eigenvalue weighted by Gasteiger charge is 2.22. The molecule has 0 radical (unpaired) electrons. The molecule has 0 atom stereocenters. The van der Waals surface area contributed by atoms with E-state index in [0.717, 1.165) is 6.42 Å². The summed E-state index contributed by atoms with van der Waals surface area (Å²) in [6.45, 7) is 2.40. The predicted molar refractivity (Wildman–Crippen MR) is 64.9 cm³/mol. The number of hydrogen-bond donors (Lipinski definition) is 0. The normalized spacial score (nSPS) is 9.72. The van der Waals surface area contributed by atoms with E-state index in [1.165, 1.54) is 20.3 Å². The van der Waals surface area contributed by atoms with Gasteiger partial charge in [0.2, 0.25) is 0 Å². The molecule has 5 nitrogen and oxygen atoms in total. The molecule has 0 aliphatic rings. The number of ether oxygens (including phenoxy) is 3. The van der Waals surface area contributed by atoms with Crippen molar-refractivity contribution >= 4 is 11.9 Å². The third-order valence-corrected chi connectivity index (χ3v) is 2.28. The van der Waals surface area contributed by atoms with Crippen LogP contribution in [0.1, 0.15) is 34.1 Å². The number of carbonyl (C=O) groups excluding carboxylic acids is 2. The average Bonchev–Trinajstić information content (AvgIpc) is 2.42. The van der Waals surface area contributed by atoms with Gasteiger partial charge in [0.05, 0.1) is 26.4 Å². The van der Waals surface area contributed by atoms with Gasteiger partial charge in [0, 0.05) is 0 Å². The molecule has 0 saturated heterocycles. The molecule has 0 amide bonds. The third kappa shape index (κ3) is 3.00. The van der Waals surface area contributed by atoms with Crippen molar-refractivity contribution in [3.05, 3.63) is 29.3 Å². The number of carbonyl (C=O) groups is 2. The molecule has 0 heterocycles. The molecule has 0 aromatic heterocycles. The van der Waals surface area contributed by atoms with Crippen LogP contribution in [0.3, 0.4) is 0 Å². The lowest BCUT2D eigenvalue weighted by molar-refractivity contribution is 0.0551. The van der Waals surface area contributed by atoms with Gasteiger partial charge in [0.15, 0.2) is 0 Å². The Morgan fingerprint density at radius 2 is 1.78 bits per heavy atom. The summed E-state index contributed by atoms with van der Waals surface area (Å²) in [6, 6.07) is 4.74. The second kappa shape index (κ2) is 6.64. The number of rotatable bonds is 5. The van der Waals surface area contributed by atoms with E-state index >= 15 is 0 Å². The van der Waals surface area contributed by atoms with E-state index in [-0.39, 0.29) is 11.1 Å². The Balaban J connectivity index is 3.25.